The summed E-state index contributed by atoms with van der Waals surface area (Å²) in [5.74, 6) is -0.397. The van der Waals surface area contributed by atoms with Gasteiger partial charge in [0.05, 0.1) is 11.9 Å². The molecule has 0 fully saturated rings. The molecular weight excluding hydrogens is 233 g/mol. The first-order valence-electron chi connectivity index (χ1n) is 5.54. The van der Waals surface area contributed by atoms with E-state index >= 15 is 0 Å². The van der Waals surface area contributed by atoms with Crippen LogP contribution >= 0.6 is 0 Å². The number of hydrogen-bond donors (Lipinski definition) is 0. The monoisotopic (exact) mass is 247 g/mol. The van der Waals surface area contributed by atoms with Crippen molar-refractivity contribution in [1.29, 1.82) is 0 Å². The molecule has 0 radical (unpaired) electrons. The molecule has 0 bridgehead atoms. The second kappa shape index (κ2) is 5.00. The van der Waals surface area contributed by atoms with Crippen molar-refractivity contribution in [2.75, 3.05) is 11.9 Å². The highest BCUT2D eigenvalue weighted by Gasteiger charge is 2.13. The Balaban J connectivity index is 2.28. The standard InChI is InChI=1S/C13H14FN3O/c1-16(7-10-6-15-17(2)8-10)13-11(9-18)4-3-5-12(13)14/h3-6,8-9H,7H2,1-2H3. The summed E-state index contributed by atoms with van der Waals surface area (Å²) < 4.78 is 15.5. The molecule has 0 aliphatic heterocycles. The number of carbonyl (C=O) groups excluding carboxylic acids is 1. The first-order chi connectivity index (χ1) is 8.61. The van der Waals surface area contributed by atoms with Crippen LogP contribution in [0.15, 0.2) is 30.6 Å². The molecule has 4 nitrogen and oxygen atoms in total. The molecule has 0 amide bonds. The molecule has 0 saturated carbocycles. The SMILES string of the molecule is CN(Cc1cnn(C)c1)c1c(F)cccc1C=O. The molecule has 0 aliphatic carbocycles. The first kappa shape index (κ1) is 12.3. The Labute approximate surface area is 105 Å². The van der Waals surface area contributed by atoms with E-state index in [0.717, 1.165) is 5.56 Å². The molecule has 0 N–H and O–H groups in total. The quantitative estimate of drug-likeness (QED) is 0.776. The third-order valence-electron chi connectivity index (χ3n) is 2.70. The molecular formula is C13H14FN3O. The summed E-state index contributed by atoms with van der Waals surface area (Å²) in [4.78, 5) is 12.6. The predicted octanol–water partition coefficient (Wildman–Crippen LogP) is 2.01. The van der Waals surface area contributed by atoms with Crippen LogP contribution in [0.4, 0.5) is 10.1 Å². The van der Waals surface area contributed by atoms with E-state index in [2.05, 4.69) is 5.10 Å². The number of benzene rings is 1. The van der Waals surface area contributed by atoms with Crippen molar-refractivity contribution in [2.45, 2.75) is 6.54 Å². The minimum absolute atomic E-state index is 0.316. The van der Waals surface area contributed by atoms with Gasteiger partial charge in [-0.1, -0.05) is 6.07 Å². The number of aromatic nitrogens is 2. The van der Waals surface area contributed by atoms with Gasteiger partial charge in [-0.2, -0.15) is 5.10 Å². The van der Waals surface area contributed by atoms with Crippen LogP contribution in [0.3, 0.4) is 0 Å². The number of hydrogen-bond acceptors (Lipinski definition) is 3. The third kappa shape index (κ3) is 2.40. The maximum Gasteiger partial charge on any atom is 0.152 e. The first-order valence-corrected chi connectivity index (χ1v) is 5.54. The van der Waals surface area contributed by atoms with Crippen molar-refractivity contribution < 1.29 is 9.18 Å². The smallest absolute Gasteiger partial charge is 0.152 e. The Morgan fingerprint density at radius 3 is 2.89 bits per heavy atom. The zero-order valence-corrected chi connectivity index (χ0v) is 10.3. The van der Waals surface area contributed by atoms with Crippen molar-refractivity contribution in [1.82, 2.24) is 9.78 Å². The average Bonchev–Trinajstić information content (AvgIpc) is 2.74. The summed E-state index contributed by atoms with van der Waals surface area (Å²) in [6, 6.07) is 4.48. The van der Waals surface area contributed by atoms with Gasteiger partial charge in [0, 0.05) is 38.0 Å². The number of anilines is 1. The van der Waals surface area contributed by atoms with Crippen LogP contribution in [0.25, 0.3) is 0 Å². The van der Waals surface area contributed by atoms with E-state index < -0.39 is 5.82 Å². The molecule has 0 unspecified atom stereocenters. The zero-order valence-electron chi connectivity index (χ0n) is 10.3. The summed E-state index contributed by atoms with van der Waals surface area (Å²) in [7, 11) is 3.57. The normalized spacial score (nSPS) is 10.4. The van der Waals surface area contributed by atoms with Crippen molar-refractivity contribution >= 4 is 12.0 Å². The minimum atomic E-state index is -0.397. The van der Waals surface area contributed by atoms with Gasteiger partial charge in [-0.3, -0.25) is 9.48 Å². The summed E-state index contributed by atoms with van der Waals surface area (Å²) >= 11 is 0. The Kier molecular flexibility index (Phi) is 3.41. The van der Waals surface area contributed by atoms with Crippen LogP contribution < -0.4 is 4.90 Å². The number of halogens is 1. The van der Waals surface area contributed by atoms with E-state index in [1.165, 1.54) is 12.1 Å². The summed E-state index contributed by atoms with van der Waals surface area (Å²) in [6.45, 7) is 0.496. The highest BCUT2D eigenvalue weighted by molar-refractivity contribution is 5.84. The molecule has 5 heteroatoms. The maximum absolute atomic E-state index is 13.8. The highest BCUT2D eigenvalue weighted by Crippen LogP contribution is 2.23. The van der Waals surface area contributed by atoms with Gasteiger partial charge in [0.1, 0.15) is 5.82 Å². The van der Waals surface area contributed by atoms with E-state index in [0.29, 0.717) is 24.1 Å². The van der Waals surface area contributed by atoms with Crippen LogP contribution in [0, 0.1) is 5.82 Å². The average molecular weight is 247 g/mol. The molecule has 1 heterocycles. The predicted molar refractivity (Wildman–Crippen MR) is 67.1 cm³/mol. The van der Waals surface area contributed by atoms with Gasteiger partial charge in [-0.05, 0) is 12.1 Å². The van der Waals surface area contributed by atoms with Crippen LogP contribution in [0.1, 0.15) is 15.9 Å². The van der Waals surface area contributed by atoms with Crippen LogP contribution in [0.2, 0.25) is 0 Å². The fraction of sp³-hybridized carbons (Fsp3) is 0.231. The molecule has 0 aliphatic rings. The molecule has 1 aromatic carbocycles. The number of aryl methyl sites for hydroxylation is 1. The van der Waals surface area contributed by atoms with Crippen molar-refractivity contribution in [3.63, 3.8) is 0 Å². The lowest BCUT2D eigenvalue weighted by atomic mass is 10.1. The van der Waals surface area contributed by atoms with Crippen LogP contribution in [0.5, 0.6) is 0 Å². The maximum atomic E-state index is 13.8. The number of aldehydes is 1. The fourth-order valence-corrected chi connectivity index (χ4v) is 1.94. The largest absolute Gasteiger partial charge is 0.367 e. The Morgan fingerprint density at radius 2 is 2.28 bits per heavy atom. The second-order valence-corrected chi connectivity index (χ2v) is 4.17. The molecule has 18 heavy (non-hydrogen) atoms. The minimum Gasteiger partial charge on any atom is -0.367 e. The number of rotatable bonds is 4. The van der Waals surface area contributed by atoms with Crippen molar-refractivity contribution in [3.8, 4) is 0 Å². The summed E-state index contributed by atoms with van der Waals surface area (Å²) in [5, 5.41) is 4.06. The molecule has 0 atom stereocenters. The fourth-order valence-electron chi connectivity index (χ4n) is 1.94. The van der Waals surface area contributed by atoms with Crippen molar-refractivity contribution in [3.05, 3.63) is 47.5 Å². The van der Waals surface area contributed by atoms with Gasteiger partial charge in [0.25, 0.3) is 0 Å². The molecule has 0 saturated heterocycles. The van der Waals surface area contributed by atoms with E-state index in [-0.39, 0.29) is 0 Å². The van der Waals surface area contributed by atoms with E-state index in [9.17, 15) is 9.18 Å². The third-order valence-corrected chi connectivity index (χ3v) is 2.70. The van der Waals surface area contributed by atoms with Gasteiger partial charge in [0.2, 0.25) is 0 Å². The lowest BCUT2D eigenvalue weighted by molar-refractivity contribution is 0.112. The van der Waals surface area contributed by atoms with Gasteiger partial charge >= 0.3 is 0 Å². The Hall–Kier alpha value is -2.17. The van der Waals surface area contributed by atoms with Gasteiger partial charge in [0.15, 0.2) is 6.29 Å². The molecule has 0 spiro atoms. The molecule has 94 valence electrons. The zero-order chi connectivity index (χ0) is 13.1. The Bertz CT molecular complexity index is 565. The van der Waals surface area contributed by atoms with Crippen LogP contribution in [-0.2, 0) is 13.6 Å². The van der Waals surface area contributed by atoms with Gasteiger partial charge in [-0.15, -0.1) is 0 Å². The van der Waals surface area contributed by atoms with Gasteiger partial charge < -0.3 is 4.90 Å². The van der Waals surface area contributed by atoms with Crippen molar-refractivity contribution in [2.24, 2.45) is 7.05 Å². The highest BCUT2D eigenvalue weighted by atomic mass is 19.1. The number of carbonyl (C=O) groups is 1. The van der Waals surface area contributed by atoms with E-state index in [1.807, 2.05) is 13.2 Å². The Morgan fingerprint density at radius 1 is 1.50 bits per heavy atom. The van der Waals surface area contributed by atoms with E-state index in [4.69, 9.17) is 0 Å². The summed E-state index contributed by atoms with van der Waals surface area (Å²) in [5.41, 5.74) is 1.62. The second-order valence-electron chi connectivity index (χ2n) is 4.17. The molecule has 2 rings (SSSR count). The van der Waals surface area contributed by atoms with E-state index in [1.54, 1.807) is 28.9 Å². The topological polar surface area (TPSA) is 38.1 Å². The summed E-state index contributed by atoms with van der Waals surface area (Å²) in [6.07, 6.45) is 4.24. The lowest BCUT2D eigenvalue weighted by Crippen LogP contribution is -2.19. The lowest BCUT2D eigenvalue weighted by Gasteiger charge is -2.20. The number of nitrogens with zero attached hydrogens (tertiary/aromatic N) is 3. The molecule has 2 aromatic rings. The van der Waals surface area contributed by atoms with Gasteiger partial charge in [-0.25, -0.2) is 4.39 Å². The molecule has 1 aromatic heterocycles. The van der Waals surface area contributed by atoms with Crippen LogP contribution in [-0.4, -0.2) is 23.1 Å². The number of para-hydroxylation sites is 1.